The third-order valence-corrected chi connectivity index (χ3v) is 5.15. The highest BCUT2D eigenvalue weighted by atomic mass is 35.5. The van der Waals surface area contributed by atoms with Crippen molar-refractivity contribution < 1.29 is 12.8 Å². The molecule has 0 heterocycles. The Morgan fingerprint density at radius 2 is 1.95 bits per heavy atom. The molecule has 8 heteroatoms. The van der Waals surface area contributed by atoms with Gasteiger partial charge in [-0.15, -0.1) is 0 Å². The minimum Gasteiger partial charge on any atom is -0.318 e. The van der Waals surface area contributed by atoms with Gasteiger partial charge in [-0.3, -0.25) is 0 Å². The van der Waals surface area contributed by atoms with Crippen LogP contribution in [-0.2, 0) is 16.8 Å². The maximum Gasteiger partial charge on any atom is 0.281 e. The normalized spacial score (nSPS) is 12.3. The van der Waals surface area contributed by atoms with Gasteiger partial charge in [0.15, 0.2) is 0 Å². The van der Waals surface area contributed by atoms with E-state index in [9.17, 15) is 12.8 Å². The Hall–Kier alpha value is -0.730. The van der Waals surface area contributed by atoms with E-state index in [4.69, 9.17) is 11.6 Å². The number of hydrogen-bond acceptors (Lipinski definition) is 3. The molecule has 0 aliphatic carbocycles. The molecule has 0 aliphatic rings. The minimum absolute atomic E-state index is 0.113. The first-order valence-electron chi connectivity index (χ1n) is 6.05. The molecular weight excluding hydrogens is 305 g/mol. The Morgan fingerprint density at radius 1 is 1.30 bits per heavy atom. The second kappa shape index (κ2) is 7.33. The Labute approximate surface area is 124 Å². The molecule has 0 fully saturated rings. The SMILES string of the molecule is CNCCN(C)S(=O)(=O)N(C)Cc1c(F)cccc1Cl. The summed E-state index contributed by atoms with van der Waals surface area (Å²) >= 11 is 5.90. The van der Waals surface area contributed by atoms with Crippen LogP contribution in [0.5, 0.6) is 0 Å². The lowest BCUT2D eigenvalue weighted by molar-refractivity contribution is 0.385. The van der Waals surface area contributed by atoms with E-state index in [2.05, 4.69) is 5.32 Å². The van der Waals surface area contributed by atoms with Gasteiger partial charge in [0, 0.05) is 44.3 Å². The Kier molecular flexibility index (Phi) is 6.35. The molecular formula is C12H19ClFN3O2S. The molecule has 1 aromatic rings. The van der Waals surface area contributed by atoms with E-state index in [0.29, 0.717) is 13.1 Å². The van der Waals surface area contributed by atoms with Crippen LogP contribution in [0.4, 0.5) is 4.39 Å². The summed E-state index contributed by atoms with van der Waals surface area (Å²) in [6.45, 7) is 0.746. The molecule has 0 aliphatic heterocycles. The van der Waals surface area contributed by atoms with Gasteiger partial charge in [-0.05, 0) is 19.2 Å². The summed E-state index contributed by atoms with van der Waals surface area (Å²) in [6, 6.07) is 4.27. The standard InChI is InChI=1S/C12H19ClFN3O2S/c1-15-7-8-16(2)20(18,19)17(3)9-10-11(13)5-4-6-12(10)14/h4-6,15H,7-9H2,1-3H3. The summed E-state index contributed by atoms with van der Waals surface area (Å²) in [7, 11) is 0.973. The third kappa shape index (κ3) is 4.13. The first kappa shape index (κ1) is 17.3. The Balaban J connectivity index is 2.87. The zero-order valence-corrected chi connectivity index (χ0v) is 13.3. The van der Waals surface area contributed by atoms with Crippen LogP contribution in [-0.4, -0.2) is 51.3 Å². The summed E-state index contributed by atoms with van der Waals surface area (Å²) in [4.78, 5) is 0. The second-order valence-electron chi connectivity index (χ2n) is 4.39. The molecule has 0 saturated carbocycles. The maximum absolute atomic E-state index is 13.7. The highest BCUT2D eigenvalue weighted by Gasteiger charge is 2.24. The summed E-state index contributed by atoms with van der Waals surface area (Å²) in [5, 5.41) is 3.08. The van der Waals surface area contributed by atoms with Crippen LogP contribution in [0.15, 0.2) is 18.2 Å². The van der Waals surface area contributed by atoms with Crippen LogP contribution in [0.25, 0.3) is 0 Å². The average molecular weight is 324 g/mol. The van der Waals surface area contributed by atoms with Crippen molar-refractivity contribution in [3.63, 3.8) is 0 Å². The number of nitrogens with zero attached hydrogens (tertiary/aromatic N) is 2. The van der Waals surface area contributed by atoms with Crippen LogP contribution in [0, 0.1) is 5.82 Å². The van der Waals surface area contributed by atoms with Gasteiger partial charge >= 0.3 is 0 Å². The van der Waals surface area contributed by atoms with E-state index < -0.39 is 16.0 Å². The first-order chi connectivity index (χ1) is 9.30. The van der Waals surface area contributed by atoms with Crippen molar-refractivity contribution >= 4 is 21.8 Å². The molecule has 0 aromatic heterocycles. The van der Waals surface area contributed by atoms with Gasteiger partial charge < -0.3 is 5.32 Å². The zero-order valence-electron chi connectivity index (χ0n) is 11.7. The fraction of sp³-hybridized carbons (Fsp3) is 0.500. The number of likely N-dealkylation sites (N-methyl/N-ethyl adjacent to an activating group) is 2. The van der Waals surface area contributed by atoms with E-state index in [-0.39, 0.29) is 17.1 Å². The number of halogens is 2. The molecule has 114 valence electrons. The molecule has 1 aromatic carbocycles. The van der Waals surface area contributed by atoms with E-state index in [1.165, 1.54) is 36.6 Å². The fourth-order valence-electron chi connectivity index (χ4n) is 1.61. The molecule has 0 amide bonds. The van der Waals surface area contributed by atoms with Crippen LogP contribution in [0.3, 0.4) is 0 Å². The van der Waals surface area contributed by atoms with Crippen LogP contribution in [0.2, 0.25) is 5.02 Å². The molecule has 1 rings (SSSR count). The highest BCUT2D eigenvalue weighted by molar-refractivity contribution is 7.86. The minimum atomic E-state index is -3.64. The number of rotatable bonds is 7. The molecule has 0 spiro atoms. The van der Waals surface area contributed by atoms with Gasteiger partial charge in [0.1, 0.15) is 5.82 Å². The Bertz CT molecular complexity index is 533. The van der Waals surface area contributed by atoms with Crippen LogP contribution >= 0.6 is 11.6 Å². The lowest BCUT2D eigenvalue weighted by Gasteiger charge is -2.24. The lowest BCUT2D eigenvalue weighted by atomic mass is 10.2. The van der Waals surface area contributed by atoms with Gasteiger partial charge in [0.05, 0.1) is 0 Å². The quantitative estimate of drug-likeness (QED) is 0.823. The fourth-order valence-corrected chi connectivity index (χ4v) is 2.92. The monoisotopic (exact) mass is 323 g/mol. The molecule has 0 radical (unpaired) electrons. The summed E-state index contributed by atoms with van der Waals surface area (Å²) in [6.07, 6.45) is 0. The van der Waals surface area contributed by atoms with Gasteiger partial charge in [-0.2, -0.15) is 17.0 Å². The molecule has 20 heavy (non-hydrogen) atoms. The van der Waals surface area contributed by atoms with Crippen molar-refractivity contribution in [1.82, 2.24) is 13.9 Å². The molecule has 5 nitrogen and oxygen atoms in total. The molecule has 0 unspecified atom stereocenters. The van der Waals surface area contributed by atoms with Crippen molar-refractivity contribution in [2.45, 2.75) is 6.54 Å². The van der Waals surface area contributed by atoms with E-state index >= 15 is 0 Å². The van der Waals surface area contributed by atoms with Crippen molar-refractivity contribution in [2.75, 3.05) is 34.2 Å². The van der Waals surface area contributed by atoms with Gasteiger partial charge in [-0.1, -0.05) is 17.7 Å². The number of benzene rings is 1. The topological polar surface area (TPSA) is 52.7 Å². The third-order valence-electron chi connectivity index (χ3n) is 2.91. The number of nitrogens with one attached hydrogen (secondary N) is 1. The van der Waals surface area contributed by atoms with Gasteiger partial charge in [0.2, 0.25) is 0 Å². The van der Waals surface area contributed by atoms with Crippen molar-refractivity contribution in [3.05, 3.63) is 34.6 Å². The predicted molar refractivity (Wildman–Crippen MR) is 78.4 cm³/mol. The Morgan fingerprint density at radius 3 is 2.50 bits per heavy atom. The predicted octanol–water partition coefficient (Wildman–Crippen LogP) is 1.31. The highest BCUT2D eigenvalue weighted by Crippen LogP contribution is 2.21. The van der Waals surface area contributed by atoms with Crippen LogP contribution < -0.4 is 5.32 Å². The van der Waals surface area contributed by atoms with Crippen molar-refractivity contribution in [1.29, 1.82) is 0 Å². The average Bonchev–Trinajstić information content (AvgIpc) is 2.39. The first-order valence-corrected chi connectivity index (χ1v) is 7.83. The smallest absolute Gasteiger partial charge is 0.281 e. The molecule has 0 atom stereocenters. The molecule has 0 saturated heterocycles. The second-order valence-corrected chi connectivity index (χ2v) is 6.94. The van der Waals surface area contributed by atoms with E-state index in [0.717, 1.165) is 4.31 Å². The van der Waals surface area contributed by atoms with Crippen LogP contribution in [0.1, 0.15) is 5.56 Å². The van der Waals surface area contributed by atoms with Gasteiger partial charge in [-0.25, -0.2) is 4.39 Å². The van der Waals surface area contributed by atoms with Crippen molar-refractivity contribution in [3.8, 4) is 0 Å². The summed E-state index contributed by atoms with van der Waals surface area (Å²) < 4.78 is 40.4. The largest absolute Gasteiger partial charge is 0.318 e. The molecule has 0 bridgehead atoms. The summed E-state index contributed by atoms with van der Waals surface area (Å²) in [5.74, 6) is -0.516. The lowest BCUT2D eigenvalue weighted by Crippen LogP contribution is -2.41. The summed E-state index contributed by atoms with van der Waals surface area (Å²) in [5.41, 5.74) is 0.169. The number of hydrogen-bond donors (Lipinski definition) is 1. The van der Waals surface area contributed by atoms with E-state index in [1.807, 2.05) is 0 Å². The van der Waals surface area contributed by atoms with E-state index in [1.54, 1.807) is 7.05 Å². The molecule has 1 N–H and O–H groups in total. The maximum atomic E-state index is 13.7. The van der Waals surface area contributed by atoms with Gasteiger partial charge in [0.25, 0.3) is 10.2 Å². The zero-order chi connectivity index (χ0) is 15.3. The van der Waals surface area contributed by atoms with Crippen molar-refractivity contribution in [2.24, 2.45) is 0 Å².